The van der Waals surface area contributed by atoms with Crippen LogP contribution in [0, 0.1) is 0 Å². The first-order valence-corrected chi connectivity index (χ1v) is 10.3. The second-order valence-electron chi connectivity index (χ2n) is 6.69. The van der Waals surface area contributed by atoms with Gasteiger partial charge in [-0.05, 0) is 73.6 Å². The van der Waals surface area contributed by atoms with Gasteiger partial charge in [-0.1, -0.05) is 0 Å². The van der Waals surface area contributed by atoms with Gasteiger partial charge < -0.3 is 14.6 Å². The number of nitrogens with zero attached hydrogens (tertiary/aromatic N) is 2. The Balaban J connectivity index is 1.70. The van der Waals surface area contributed by atoms with Gasteiger partial charge in [0.2, 0.25) is 0 Å². The minimum Gasteiger partial charge on any atom is -0.497 e. The van der Waals surface area contributed by atoms with Crippen LogP contribution < -0.4 is 14.4 Å². The number of amidine groups is 1. The van der Waals surface area contributed by atoms with Gasteiger partial charge in [-0.3, -0.25) is 0 Å². The second kappa shape index (κ2) is 7.44. The average Bonchev–Trinajstić information content (AvgIpc) is 3.03. The third kappa shape index (κ3) is 3.28. The second-order valence-corrected chi connectivity index (χ2v) is 7.76. The Labute approximate surface area is 164 Å². The molecule has 0 aliphatic carbocycles. The number of methoxy groups -OCH3 is 1. The van der Waals surface area contributed by atoms with Crippen LogP contribution in [0.15, 0.2) is 48.5 Å². The largest absolute Gasteiger partial charge is 0.497 e. The van der Waals surface area contributed by atoms with Crippen molar-refractivity contribution in [3.05, 3.63) is 54.1 Å². The molecule has 0 saturated heterocycles. The molecule has 0 radical (unpaired) electrons. The van der Waals surface area contributed by atoms with E-state index in [9.17, 15) is 5.11 Å². The van der Waals surface area contributed by atoms with E-state index in [0.717, 1.165) is 46.6 Å². The lowest BCUT2D eigenvalue weighted by Gasteiger charge is -2.24. The normalized spacial score (nSPS) is 22.0. The number of anilines is 1. The molecule has 2 aliphatic rings. The summed E-state index contributed by atoms with van der Waals surface area (Å²) in [7, 11) is 1.65. The average molecular weight is 386 g/mol. The molecule has 0 saturated carbocycles. The number of ether oxygens (including phenoxy) is 2. The molecular formula is C21H25N2O3S+. The molecule has 0 spiro atoms. The van der Waals surface area contributed by atoms with Crippen molar-refractivity contribution in [1.29, 1.82) is 0 Å². The quantitative estimate of drug-likeness (QED) is 0.801. The highest BCUT2D eigenvalue weighted by molar-refractivity contribution is 8.13. The van der Waals surface area contributed by atoms with Crippen LogP contribution in [-0.4, -0.2) is 47.4 Å². The van der Waals surface area contributed by atoms with Crippen LogP contribution in [0.2, 0.25) is 0 Å². The lowest BCUT2D eigenvalue weighted by atomic mass is 10.0. The van der Waals surface area contributed by atoms with Gasteiger partial charge in [-0.15, -0.1) is 0 Å². The number of β-amino-alcohol motifs (C(OH)–C–C–N with tert-alkyl or cyclic N) is 1. The van der Waals surface area contributed by atoms with Gasteiger partial charge in [0.1, 0.15) is 17.2 Å². The minimum absolute atomic E-state index is 0.496. The predicted octanol–water partition coefficient (Wildman–Crippen LogP) is 3.26. The van der Waals surface area contributed by atoms with Crippen LogP contribution in [0.3, 0.4) is 0 Å². The number of hydrogen-bond acceptors (Lipinski definition) is 5. The van der Waals surface area contributed by atoms with Crippen LogP contribution >= 0.6 is 11.8 Å². The molecule has 5 nitrogen and oxygen atoms in total. The lowest BCUT2D eigenvalue weighted by Crippen LogP contribution is -2.41. The summed E-state index contributed by atoms with van der Waals surface area (Å²) in [5.74, 6) is 2.72. The van der Waals surface area contributed by atoms with Crippen LogP contribution in [0.5, 0.6) is 11.5 Å². The van der Waals surface area contributed by atoms with E-state index >= 15 is 0 Å². The van der Waals surface area contributed by atoms with Gasteiger partial charge >= 0.3 is 5.17 Å². The first kappa shape index (κ1) is 18.2. The molecule has 0 aromatic heterocycles. The molecule has 1 atom stereocenters. The third-order valence-electron chi connectivity index (χ3n) is 5.06. The number of hydrogen-bond donors (Lipinski definition) is 1. The summed E-state index contributed by atoms with van der Waals surface area (Å²) in [6, 6.07) is 15.8. The molecule has 27 heavy (non-hydrogen) atoms. The van der Waals surface area contributed by atoms with Crippen LogP contribution in [-0.2, 0) is 5.72 Å². The van der Waals surface area contributed by atoms with Crippen molar-refractivity contribution in [3.63, 3.8) is 0 Å². The number of benzene rings is 2. The van der Waals surface area contributed by atoms with E-state index in [-0.39, 0.29) is 0 Å². The summed E-state index contributed by atoms with van der Waals surface area (Å²) in [6.07, 6.45) is 1.06. The van der Waals surface area contributed by atoms with Crippen molar-refractivity contribution in [3.8, 4) is 11.5 Å². The highest BCUT2D eigenvalue weighted by Gasteiger charge is 2.53. The summed E-state index contributed by atoms with van der Waals surface area (Å²) >= 11 is 1.81. The molecule has 0 unspecified atom stereocenters. The Morgan fingerprint density at radius 1 is 1.11 bits per heavy atom. The monoisotopic (exact) mass is 385 g/mol. The number of aliphatic hydroxyl groups is 1. The Morgan fingerprint density at radius 2 is 1.81 bits per heavy atom. The standard InChI is InChI=1S/C21H25N2O3S/c1-3-26-19-11-7-17(8-12-19)22-15-21(24,23-13-4-14-27-20(22)23)16-5-9-18(25-2)10-6-16/h5-12,24H,3-4,13-15H2,1-2H3/q+1/t21-/m1/s1. The molecular weight excluding hydrogens is 360 g/mol. The third-order valence-corrected chi connectivity index (χ3v) is 6.25. The molecule has 2 aromatic rings. The smallest absolute Gasteiger partial charge is 0.316 e. The Bertz CT molecular complexity index is 836. The SMILES string of the molecule is CCOc1ccc(N2C[C@@](O)(c3ccc(OC)cc3)[N+]3=C2SCCC3)cc1. The van der Waals surface area contributed by atoms with Crippen molar-refractivity contribution in [2.45, 2.75) is 19.1 Å². The van der Waals surface area contributed by atoms with Gasteiger partial charge in [0.15, 0.2) is 6.54 Å². The van der Waals surface area contributed by atoms with Gasteiger partial charge in [-0.2, -0.15) is 0 Å². The van der Waals surface area contributed by atoms with E-state index in [2.05, 4.69) is 21.6 Å². The predicted molar refractivity (Wildman–Crippen MR) is 109 cm³/mol. The van der Waals surface area contributed by atoms with E-state index in [1.165, 1.54) is 0 Å². The zero-order valence-electron chi connectivity index (χ0n) is 15.7. The van der Waals surface area contributed by atoms with E-state index in [1.807, 2.05) is 55.1 Å². The molecule has 1 N–H and O–H groups in total. The Morgan fingerprint density at radius 3 is 2.48 bits per heavy atom. The summed E-state index contributed by atoms with van der Waals surface area (Å²) in [6.45, 7) is 3.98. The summed E-state index contributed by atoms with van der Waals surface area (Å²) in [5.41, 5.74) is 0.905. The maximum absolute atomic E-state index is 11.7. The molecule has 142 valence electrons. The zero-order chi connectivity index (χ0) is 18.9. The minimum atomic E-state index is -1.05. The zero-order valence-corrected chi connectivity index (χ0v) is 16.5. The number of rotatable bonds is 5. The van der Waals surface area contributed by atoms with E-state index in [4.69, 9.17) is 9.47 Å². The summed E-state index contributed by atoms with van der Waals surface area (Å²) in [4.78, 5) is 2.21. The van der Waals surface area contributed by atoms with Crippen molar-refractivity contribution in [2.24, 2.45) is 0 Å². The molecule has 0 fully saturated rings. The molecule has 0 amide bonds. The topological polar surface area (TPSA) is 44.9 Å². The fraction of sp³-hybridized carbons (Fsp3) is 0.381. The molecule has 4 rings (SSSR count). The van der Waals surface area contributed by atoms with Gasteiger partial charge in [0.25, 0.3) is 5.72 Å². The number of thioether (sulfide) groups is 1. The highest BCUT2D eigenvalue weighted by atomic mass is 32.2. The maximum Gasteiger partial charge on any atom is 0.316 e. The van der Waals surface area contributed by atoms with Crippen molar-refractivity contribution >= 4 is 22.6 Å². The maximum atomic E-state index is 11.7. The molecule has 2 aliphatic heterocycles. The van der Waals surface area contributed by atoms with E-state index in [0.29, 0.717) is 13.2 Å². The first-order chi connectivity index (χ1) is 13.2. The van der Waals surface area contributed by atoms with Crippen molar-refractivity contribution < 1.29 is 19.2 Å². The van der Waals surface area contributed by atoms with Crippen LogP contribution in [0.25, 0.3) is 0 Å². The van der Waals surface area contributed by atoms with Gasteiger partial charge in [-0.25, -0.2) is 9.48 Å². The fourth-order valence-corrected chi connectivity index (χ4v) is 4.88. The molecule has 6 heteroatoms. The highest BCUT2D eigenvalue weighted by Crippen LogP contribution is 2.38. The summed E-state index contributed by atoms with van der Waals surface area (Å²) in [5, 5.41) is 12.8. The summed E-state index contributed by atoms with van der Waals surface area (Å²) < 4.78 is 13.0. The van der Waals surface area contributed by atoms with E-state index < -0.39 is 5.72 Å². The van der Waals surface area contributed by atoms with Gasteiger partial charge in [0.05, 0.1) is 20.3 Å². The lowest BCUT2D eigenvalue weighted by molar-refractivity contribution is -0.656. The van der Waals surface area contributed by atoms with Crippen molar-refractivity contribution in [1.82, 2.24) is 0 Å². The van der Waals surface area contributed by atoms with Gasteiger partial charge in [0, 0.05) is 11.3 Å². The Hall–Kier alpha value is -2.18. The van der Waals surface area contributed by atoms with E-state index in [1.54, 1.807) is 7.11 Å². The molecule has 2 heterocycles. The molecule has 2 aromatic carbocycles. The van der Waals surface area contributed by atoms with Crippen LogP contribution in [0.1, 0.15) is 18.9 Å². The van der Waals surface area contributed by atoms with Crippen molar-refractivity contribution in [2.75, 3.05) is 37.5 Å². The first-order valence-electron chi connectivity index (χ1n) is 9.30. The Kier molecular flexibility index (Phi) is 5.02. The van der Waals surface area contributed by atoms with Crippen LogP contribution in [0.4, 0.5) is 5.69 Å². The molecule has 0 bridgehead atoms. The fourth-order valence-electron chi connectivity index (χ4n) is 3.70.